The standard InChI is InChI=1S/C25H24F3N5O3S/c1-25(2,13-29)37-23-30-21-20(32(23)11-15-9-17(27)18(28)10-16(15)26)22(35)33(24(36)31(21)3)12-19(34)14-7-5-4-6-8-14/h4-10H,11-13,29H2,1-3H3. The van der Waals surface area contributed by atoms with Crippen molar-refractivity contribution in [2.45, 2.75) is 36.8 Å². The lowest BCUT2D eigenvalue weighted by atomic mass is 10.1. The van der Waals surface area contributed by atoms with E-state index in [0.29, 0.717) is 17.7 Å². The Morgan fingerprint density at radius 2 is 1.68 bits per heavy atom. The predicted octanol–water partition coefficient (Wildman–Crippen LogP) is 3.07. The van der Waals surface area contributed by atoms with E-state index in [1.807, 2.05) is 13.8 Å². The molecule has 0 amide bonds. The van der Waals surface area contributed by atoms with Crippen LogP contribution in [0.4, 0.5) is 13.2 Å². The summed E-state index contributed by atoms with van der Waals surface area (Å²) in [7, 11) is 1.39. The molecule has 0 spiro atoms. The Labute approximate surface area is 213 Å². The lowest BCUT2D eigenvalue weighted by molar-refractivity contribution is 0.0969. The van der Waals surface area contributed by atoms with Gasteiger partial charge in [0.2, 0.25) is 0 Å². The number of aryl methyl sites for hydroxylation is 1. The second kappa shape index (κ2) is 10.0. The number of benzene rings is 2. The molecule has 2 aromatic carbocycles. The maximum atomic E-state index is 14.6. The van der Waals surface area contributed by atoms with Gasteiger partial charge >= 0.3 is 5.69 Å². The van der Waals surface area contributed by atoms with Gasteiger partial charge in [-0.15, -0.1) is 0 Å². The molecule has 12 heteroatoms. The van der Waals surface area contributed by atoms with Crippen molar-refractivity contribution in [2.24, 2.45) is 12.8 Å². The van der Waals surface area contributed by atoms with Gasteiger partial charge in [0, 0.05) is 35.5 Å². The third kappa shape index (κ3) is 5.12. The first-order valence-electron chi connectivity index (χ1n) is 11.2. The summed E-state index contributed by atoms with van der Waals surface area (Å²) in [6, 6.07) is 9.31. The van der Waals surface area contributed by atoms with Crippen LogP contribution < -0.4 is 17.0 Å². The smallest absolute Gasteiger partial charge is 0.329 e. The molecule has 0 aliphatic rings. The van der Waals surface area contributed by atoms with Gasteiger partial charge in [-0.25, -0.2) is 22.9 Å². The van der Waals surface area contributed by atoms with Crippen molar-refractivity contribution in [3.8, 4) is 0 Å². The van der Waals surface area contributed by atoms with Crippen molar-refractivity contribution < 1.29 is 18.0 Å². The molecule has 8 nitrogen and oxygen atoms in total. The lowest BCUT2D eigenvalue weighted by Gasteiger charge is -2.21. The molecule has 2 N–H and O–H groups in total. The van der Waals surface area contributed by atoms with E-state index in [1.165, 1.54) is 23.4 Å². The van der Waals surface area contributed by atoms with E-state index in [9.17, 15) is 27.6 Å². The van der Waals surface area contributed by atoms with Gasteiger partial charge in [0.05, 0.1) is 13.1 Å². The summed E-state index contributed by atoms with van der Waals surface area (Å²) in [6.45, 7) is 2.95. The molecule has 0 fully saturated rings. The Bertz CT molecular complexity index is 1630. The topological polar surface area (TPSA) is 105 Å². The highest BCUT2D eigenvalue weighted by molar-refractivity contribution is 8.00. The zero-order chi connectivity index (χ0) is 27.1. The third-order valence-electron chi connectivity index (χ3n) is 5.87. The van der Waals surface area contributed by atoms with E-state index in [1.54, 1.807) is 30.3 Å². The van der Waals surface area contributed by atoms with Crippen LogP contribution >= 0.6 is 11.8 Å². The second-order valence-corrected chi connectivity index (χ2v) is 10.8. The van der Waals surface area contributed by atoms with Crippen molar-refractivity contribution in [3.05, 3.63) is 91.9 Å². The summed E-state index contributed by atoms with van der Waals surface area (Å²) >= 11 is 1.18. The minimum atomic E-state index is -1.35. The van der Waals surface area contributed by atoms with Gasteiger partial charge in [-0.3, -0.25) is 18.7 Å². The van der Waals surface area contributed by atoms with Crippen molar-refractivity contribution in [3.63, 3.8) is 0 Å². The fourth-order valence-corrected chi connectivity index (χ4v) is 4.69. The van der Waals surface area contributed by atoms with Crippen LogP contribution in [-0.4, -0.2) is 35.8 Å². The molecule has 4 rings (SSSR count). The summed E-state index contributed by atoms with van der Waals surface area (Å²) in [4.78, 5) is 44.0. The van der Waals surface area contributed by atoms with Crippen LogP contribution in [0.2, 0.25) is 0 Å². The van der Waals surface area contributed by atoms with Crippen molar-refractivity contribution in [1.82, 2.24) is 18.7 Å². The fraction of sp³-hybridized carbons (Fsp3) is 0.280. The molecule has 0 unspecified atom stereocenters. The Morgan fingerprint density at radius 1 is 1.03 bits per heavy atom. The average Bonchev–Trinajstić information content (AvgIpc) is 3.21. The lowest BCUT2D eigenvalue weighted by Crippen LogP contribution is -2.41. The number of Topliss-reactive ketones (excluding diaryl/α,β-unsaturated/α-hetero) is 1. The van der Waals surface area contributed by atoms with Crippen LogP contribution in [0.1, 0.15) is 29.8 Å². The van der Waals surface area contributed by atoms with Gasteiger partial charge in [0.1, 0.15) is 5.82 Å². The Kier molecular flexibility index (Phi) is 7.16. The van der Waals surface area contributed by atoms with Gasteiger partial charge in [-0.2, -0.15) is 0 Å². The zero-order valence-corrected chi connectivity index (χ0v) is 21.1. The van der Waals surface area contributed by atoms with E-state index >= 15 is 0 Å². The third-order valence-corrected chi connectivity index (χ3v) is 7.09. The van der Waals surface area contributed by atoms with E-state index in [4.69, 9.17) is 5.73 Å². The maximum Gasteiger partial charge on any atom is 0.332 e. The molecule has 0 saturated heterocycles. The van der Waals surface area contributed by atoms with Crippen molar-refractivity contribution in [1.29, 1.82) is 0 Å². The van der Waals surface area contributed by atoms with Gasteiger partial charge < -0.3 is 10.3 Å². The normalized spacial score (nSPS) is 11.9. The Morgan fingerprint density at radius 3 is 2.32 bits per heavy atom. The molecule has 0 radical (unpaired) electrons. The summed E-state index contributed by atoms with van der Waals surface area (Å²) < 4.78 is 44.7. The van der Waals surface area contributed by atoms with E-state index in [-0.39, 0.29) is 35.0 Å². The van der Waals surface area contributed by atoms with Crippen LogP contribution in [0, 0.1) is 17.5 Å². The molecule has 37 heavy (non-hydrogen) atoms. The highest BCUT2D eigenvalue weighted by Crippen LogP contribution is 2.33. The van der Waals surface area contributed by atoms with Crippen molar-refractivity contribution in [2.75, 3.05) is 6.54 Å². The molecule has 2 heterocycles. The van der Waals surface area contributed by atoms with E-state index in [2.05, 4.69) is 4.98 Å². The predicted molar refractivity (Wildman–Crippen MR) is 134 cm³/mol. The fourth-order valence-electron chi connectivity index (χ4n) is 3.72. The molecule has 0 bridgehead atoms. The molecule has 4 aromatic rings. The number of hydrogen-bond acceptors (Lipinski definition) is 6. The quantitative estimate of drug-likeness (QED) is 0.213. The first-order valence-corrected chi connectivity index (χ1v) is 12.1. The average molecular weight is 532 g/mol. The maximum absolute atomic E-state index is 14.6. The number of carbonyl (C=O) groups excluding carboxylic acids is 1. The number of nitrogens with zero attached hydrogens (tertiary/aromatic N) is 4. The monoisotopic (exact) mass is 531 g/mol. The number of carbonyl (C=O) groups is 1. The summed E-state index contributed by atoms with van der Waals surface area (Å²) in [5.74, 6) is -4.08. The Hall–Kier alpha value is -3.64. The first kappa shape index (κ1) is 26.4. The molecule has 2 aromatic heterocycles. The molecular formula is C25H24F3N5O3S. The SMILES string of the molecule is Cn1c(=O)n(CC(=O)c2ccccc2)c(=O)c2c1nc(SC(C)(C)CN)n2Cc1cc(F)c(F)cc1F. The number of ketones is 1. The molecular weight excluding hydrogens is 507 g/mol. The second-order valence-electron chi connectivity index (χ2n) is 9.10. The number of aromatic nitrogens is 4. The largest absolute Gasteiger partial charge is 0.332 e. The number of fused-ring (bicyclic) bond motifs is 1. The summed E-state index contributed by atoms with van der Waals surface area (Å²) in [5, 5.41) is 0.216. The van der Waals surface area contributed by atoms with Crippen molar-refractivity contribution >= 4 is 28.7 Å². The number of imidazole rings is 1. The van der Waals surface area contributed by atoms with Gasteiger partial charge in [0.15, 0.2) is 33.7 Å². The molecule has 0 saturated carbocycles. The number of halogens is 3. The number of hydrogen-bond donors (Lipinski definition) is 1. The molecule has 0 aliphatic heterocycles. The summed E-state index contributed by atoms with van der Waals surface area (Å²) in [5.41, 5.74) is 4.26. The highest BCUT2D eigenvalue weighted by atomic mass is 32.2. The van der Waals surface area contributed by atoms with Crippen LogP contribution in [-0.2, 0) is 20.1 Å². The first-order chi connectivity index (χ1) is 17.4. The van der Waals surface area contributed by atoms with Gasteiger partial charge in [0.25, 0.3) is 5.56 Å². The van der Waals surface area contributed by atoms with Gasteiger partial charge in [-0.1, -0.05) is 42.1 Å². The Balaban J connectivity index is 1.95. The number of thioether (sulfide) groups is 1. The highest BCUT2D eigenvalue weighted by Gasteiger charge is 2.27. The molecule has 0 aliphatic carbocycles. The molecule has 194 valence electrons. The van der Waals surface area contributed by atoms with Crippen LogP contribution in [0.5, 0.6) is 0 Å². The van der Waals surface area contributed by atoms with Crippen LogP contribution in [0.3, 0.4) is 0 Å². The van der Waals surface area contributed by atoms with E-state index in [0.717, 1.165) is 9.13 Å². The van der Waals surface area contributed by atoms with Crippen LogP contribution in [0.15, 0.2) is 57.2 Å². The minimum Gasteiger partial charge on any atom is -0.329 e. The minimum absolute atomic E-state index is 0.00303. The number of nitrogens with two attached hydrogens (primary N) is 1. The van der Waals surface area contributed by atoms with E-state index < -0.39 is 45.8 Å². The zero-order valence-electron chi connectivity index (χ0n) is 20.3. The number of rotatable bonds is 8. The molecule has 0 atom stereocenters. The summed E-state index contributed by atoms with van der Waals surface area (Å²) in [6.07, 6.45) is 0. The van der Waals surface area contributed by atoms with Gasteiger partial charge in [-0.05, 0) is 19.9 Å². The van der Waals surface area contributed by atoms with Crippen LogP contribution in [0.25, 0.3) is 11.2 Å².